The number of hydrogen-bond donors (Lipinski definition) is 4. The van der Waals surface area contributed by atoms with Crippen LogP contribution in [-0.4, -0.2) is 80.4 Å². The van der Waals surface area contributed by atoms with Crippen molar-refractivity contribution < 1.29 is 14.9 Å². The second kappa shape index (κ2) is 7.15. The number of anilines is 1. The maximum Gasteiger partial charge on any atom is 0.280 e. The summed E-state index contributed by atoms with van der Waals surface area (Å²) in [6.45, 7) is 5.45. The molecule has 9 nitrogen and oxygen atoms in total. The van der Waals surface area contributed by atoms with Crippen molar-refractivity contribution >= 4 is 30.3 Å². The van der Waals surface area contributed by atoms with Crippen LogP contribution in [0.2, 0.25) is 0 Å². The number of nitrogens with one attached hydrogen (secondary N) is 2. The number of aromatic amines is 1. The number of aromatic nitrogens is 4. The highest BCUT2D eigenvalue weighted by molar-refractivity contribution is 7.72. The van der Waals surface area contributed by atoms with Gasteiger partial charge in [0.2, 0.25) is 5.95 Å². The van der Waals surface area contributed by atoms with Gasteiger partial charge in [-0.15, -0.1) is 13.2 Å². The highest BCUT2D eigenvalue weighted by Gasteiger charge is 2.44. The third kappa shape index (κ3) is 3.71. The van der Waals surface area contributed by atoms with E-state index in [1.54, 1.807) is 0 Å². The van der Waals surface area contributed by atoms with Crippen LogP contribution < -0.4 is 10.9 Å². The number of imidazole rings is 1. The molecule has 1 aliphatic rings. The summed E-state index contributed by atoms with van der Waals surface area (Å²) >= 11 is 0. The molecule has 4 atom stereocenters. The summed E-state index contributed by atoms with van der Waals surface area (Å²) < 4.78 is 7.42. The quantitative estimate of drug-likeness (QED) is 0.528. The van der Waals surface area contributed by atoms with Crippen LogP contribution in [0.4, 0.5) is 5.95 Å². The lowest BCUT2D eigenvalue weighted by Crippen LogP contribution is -2.32. The Hall–Kier alpha value is -1.67. The summed E-state index contributed by atoms with van der Waals surface area (Å²) in [6.07, 6.45) is 3.54. The third-order valence-corrected chi connectivity index (χ3v) is 5.88. The number of H-pyrrole nitrogens is 1. The maximum absolute atomic E-state index is 12.2. The van der Waals surface area contributed by atoms with Crippen molar-refractivity contribution in [1.29, 1.82) is 0 Å². The summed E-state index contributed by atoms with van der Waals surface area (Å²) in [6, 6.07) is 0. The van der Waals surface area contributed by atoms with Crippen molar-refractivity contribution in [3.8, 4) is 0 Å². The van der Waals surface area contributed by atoms with Gasteiger partial charge in [-0.3, -0.25) is 14.3 Å². The number of hydrogen-bond acceptors (Lipinski definition) is 7. The van der Waals surface area contributed by atoms with Gasteiger partial charge in [0.25, 0.3) is 5.56 Å². The van der Waals surface area contributed by atoms with Crippen LogP contribution in [0.3, 0.4) is 0 Å². The largest absolute Gasteiger partial charge is 0.388 e. The maximum atomic E-state index is 12.2. The van der Waals surface area contributed by atoms with Crippen LogP contribution in [0.1, 0.15) is 19.6 Å². The molecule has 0 saturated carbocycles. The van der Waals surface area contributed by atoms with E-state index < -0.39 is 31.4 Å². The van der Waals surface area contributed by atoms with E-state index in [1.807, 2.05) is 6.92 Å². The fourth-order valence-corrected chi connectivity index (χ4v) is 3.99. The minimum atomic E-state index is -1.26. The Morgan fingerprint density at radius 2 is 2.15 bits per heavy atom. The van der Waals surface area contributed by atoms with Crippen LogP contribution in [0.25, 0.3) is 11.2 Å². The smallest absolute Gasteiger partial charge is 0.280 e. The van der Waals surface area contributed by atoms with E-state index in [1.165, 1.54) is 10.9 Å². The average molecular weight is 383 g/mol. The summed E-state index contributed by atoms with van der Waals surface area (Å²) in [7, 11) is 0. The molecule has 2 aromatic rings. The van der Waals surface area contributed by atoms with Crippen molar-refractivity contribution in [1.82, 2.24) is 19.5 Å². The number of aliphatic hydroxyl groups is 2. The monoisotopic (exact) mass is 383 g/mol. The molecule has 0 spiro atoms. The van der Waals surface area contributed by atoms with E-state index in [9.17, 15) is 15.0 Å². The number of rotatable bonds is 6. The van der Waals surface area contributed by atoms with Gasteiger partial charge in [0.1, 0.15) is 12.2 Å². The summed E-state index contributed by atoms with van der Waals surface area (Å²) in [5.41, 5.74) is 0.0784. The number of aliphatic hydroxyl groups excluding tert-OH is 2. The Morgan fingerprint density at radius 1 is 1.42 bits per heavy atom. The van der Waals surface area contributed by atoms with Gasteiger partial charge in [-0.2, -0.15) is 4.98 Å². The SMILES string of the molecule is C=P(C)(C)CCC1O[C@@H](n2cnc3c(=O)[nH]c(NCC)nc32)[C@H](O)[C@@H]1O. The molecule has 0 radical (unpaired) electrons. The highest BCUT2D eigenvalue weighted by atomic mass is 31.2. The van der Waals surface area contributed by atoms with E-state index in [2.05, 4.69) is 39.9 Å². The van der Waals surface area contributed by atoms with Crippen molar-refractivity contribution in [2.45, 2.75) is 37.9 Å². The van der Waals surface area contributed by atoms with Gasteiger partial charge >= 0.3 is 0 Å². The second-order valence-corrected chi connectivity index (χ2v) is 11.6. The van der Waals surface area contributed by atoms with Crippen molar-refractivity contribution in [2.75, 3.05) is 31.4 Å². The molecule has 0 bridgehead atoms. The molecule has 26 heavy (non-hydrogen) atoms. The molecular formula is C16H26N5O4P. The normalized spacial score (nSPS) is 26.5. The lowest BCUT2D eigenvalue weighted by molar-refractivity contribution is -0.0353. The van der Waals surface area contributed by atoms with E-state index in [0.717, 1.165) is 6.16 Å². The lowest BCUT2D eigenvalue weighted by Gasteiger charge is -2.18. The number of ether oxygens (including phenoxy) is 1. The van der Waals surface area contributed by atoms with Crippen LogP contribution >= 0.6 is 6.89 Å². The van der Waals surface area contributed by atoms with E-state index >= 15 is 0 Å². The minimum absolute atomic E-state index is 0.158. The summed E-state index contributed by atoms with van der Waals surface area (Å²) in [5.74, 6) is 0.319. The van der Waals surface area contributed by atoms with Gasteiger partial charge < -0.3 is 20.3 Å². The van der Waals surface area contributed by atoms with Gasteiger partial charge in [0.15, 0.2) is 17.4 Å². The average Bonchev–Trinajstić information content (AvgIpc) is 3.08. The minimum Gasteiger partial charge on any atom is -0.388 e. The van der Waals surface area contributed by atoms with Gasteiger partial charge in [-0.1, -0.05) is 0 Å². The first-order valence-electron chi connectivity index (χ1n) is 8.61. The Labute approximate surface area is 151 Å². The molecule has 1 fully saturated rings. The molecule has 4 N–H and O–H groups in total. The van der Waals surface area contributed by atoms with Crippen molar-refractivity contribution in [3.05, 3.63) is 16.7 Å². The number of fused-ring (bicyclic) bond motifs is 1. The molecule has 1 aliphatic heterocycles. The lowest BCUT2D eigenvalue weighted by atomic mass is 10.1. The van der Waals surface area contributed by atoms with Crippen molar-refractivity contribution in [2.24, 2.45) is 0 Å². The summed E-state index contributed by atoms with van der Waals surface area (Å²) in [5, 5.41) is 23.8. The molecule has 2 aromatic heterocycles. The molecule has 0 amide bonds. The predicted molar refractivity (Wildman–Crippen MR) is 104 cm³/mol. The van der Waals surface area contributed by atoms with Crippen LogP contribution in [0.5, 0.6) is 0 Å². The van der Waals surface area contributed by atoms with E-state index in [-0.39, 0.29) is 11.1 Å². The zero-order valence-corrected chi connectivity index (χ0v) is 16.1. The number of nitrogens with zero attached hydrogens (tertiary/aromatic N) is 3. The first-order valence-corrected chi connectivity index (χ1v) is 11.7. The van der Waals surface area contributed by atoms with Gasteiger partial charge in [0.05, 0.1) is 12.4 Å². The fourth-order valence-electron chi connectivity index (χ4n) is 3.04. The molecule has 1 saturated heterocycles. The van der Waals surface area contributed by atoms with E-state index in [4.69, 9.17) is 4.74 Å². The third-order valence-electron chi connectivity index (χ3n) is 4.41. The van der Waals surface area contributed by atoms with Gasteiger partial charge in [-0.25, -0.2) is 4.98 Å². The Bertz CT molecular complexity index is 888. The standard InChI is InChI=1S/C16H26N5O4P/c1-5-17-16-19-13-10(14(24)20-16)18-8-21(13)15-12(23)11(22)9(25-15)6-7-26(2,3)4/h8-9,11-12,15,22-23H,2,5-7H2,1,3-4H3,(H2,17,19,20,24)/t9?,11-,12-,15-/m1/s1. The Balaban J connectivity index is 1.91. The second-order valence-electron chi connectivity index (χ2n) is 7.26. The molecule has 0 aromatic carbocycles. The van der Waals surface area contributed by atoms with E-state index in [0.29, 0.717) is 24.6 Å². The fraction of sp³-hybridized carbons (Fsp3) is 0.625. The molecule has 3 rings (SSSR count). The summed E-state index contributed by atoms with van der Waals surface area (Å²) in [4.78, 5) is 23.2. The van der Waals surface area contributed by atoms with Gasteiger partial charge in [-0.05, 0) is 32.8 Å². The van der Waals surface area contributed by atoms with Crippen molar-refractivity contribution in [3.63, 3.8) is 0 Å². The Morgan fingerprint density at radius 3 is 2.81 bits per heavy atom. The molecule has 0 aliphatic carbocycles. The Kier molecular flexibility index (Phi) is 5.25. The van der Waals surface area contributed by atoms with Crippen LogP contribution in [0.15, 0.2) is 11.1 Å². The van der Waals surface area contributed by atoms with Crippen LogP contribution in [-0.2, 0) is 4.74 Å². The zero-order valence-electron chi connectivity index (χ0n) is 15.2. The van der Waals surface area contributed by atoms with Crippen LogP contribution in [0, 0.1) is 0 Å². The molecule has 1 unspecified atom stereocenters. The molecule has 3 heterocycles. The predicted octanol–water partition coefficient (Wildman–Crippen LogP) is 0.270. The molecule has 144 valence electrons. The zero-order chi connectivity index (χ0) is 19.1. The first-order chi connectivity index (χ1) is 12.2. The first kappa shape index (κ1) is 19.1. The highest BCUT2D eigenvalue weighted by Crippen LogP contribution is 2.39. The van der Waals surface area contributed by atoms with Gasteiger partial charge in [0, 0.05) is 6.54 Å². The molecule has 10 heteroatoms. The molecular weight excluding hydrogens is 357 g/mol. The topological polar surface area (TPSA) is 125 Å².